The Bertz CT molecular complexity index is 769. The second-order valence-corrected chi connectivity index (χ2v) is 8.03. The average molecular weight is 404 g/mol. The van der Waals surface area contributed by atoms with E-state index in [9.17, 15) is 14.4 Å². The second kappa shape index (κ2) is 9.25. The van der Waals surface area contributed by atoms with Crippen LogP contribution in [-0.4, -0.2) is 66.3 Å². The Kier molecular flexibility index (Phi) is 6.74. The highest BCUT2D eigenvalue weighted by Gasteiger charge is 2.37. The van der Waals surface area contributed by atoms with Crippen LogP contribution in [0.2, 0.25) is 0 Å². The monoisotopic (exact) mass is 404 g/mol. The van der Waals surface area contributed by atoms with Crippen molar-refractivity contribution in [3.63, 3.8) is 0 Å². The van der Waals surface area contributed by atoms with Crippen LogP contribution in [0.15, 0.2) is 29.2 Å². The minimum Gasteiger partial charge on any atom is -0.493 e. The normalized spacial score (nSPS) is 19.0. The van der Waals surface area contributed by atoms with E-state index in [0.717, 1.165) is 28.0 Å². The van der Waals surface area contributed by atoms with Gasteiger partial charge in [0.25, 0.3) is 11.1 Å². The average Bonchev–Trinajstić information content (AvgIpc) is 2.95. The molecular weight excluding hydrogens is 380 g/mol. The third-order valence-electron chi connectivity index (χ3n) is 4.29. The molecule has 28 heavy (non-hydrogen) atoms. The molecule has 150 valence electrons. The number of amides is 3. The van der Waals surface area contributed by atoms with Crippen molar-refractivity contribution in [3.05, 3.63) is 34.7 Å². The highest BCUT2D eigenvalue weighted by molar-refractivity contribution is 8.18. The summed E-state index contributed by atoms with van der Waals surface area (Å²) in [4.78, 5) is 40.1. The standard InChI is InChI=1S/C20H24N2O5S/c1-14(2)13-27-16-5-3-15(4-6-16)11-17-19(24)22(20(25)28-17)12-18(23)21-7-9-26-10-8-21/h3-6,11,14H,7-10,12-13H2,1-2H3/b17-11+. The Morgan fingerprint density at radius 3 is 2.54 bits per heavy atom. The molecule has 2 aliphatic rings. The van der Waals surface area contributed by atoms with Crippen LogP contribution in [0.1, 0.15) is 19.4 Å². The summed E-state index contributed by atoms with van der Waals surface area (Å²) in [5.41, 5.74) is 0.793. The Hall–Kier alpha value is -2.32. The third kappa shape index (κ3) is 5.14. The van der Waals surface area contributed by atoms with Crippen molar-refractivity contribution in [2.45, 2.75) is 13.8 Å². The van der Waals surface area contributed by atoms with Crippen molar-refractivity contribution in [1.82, 2.24) is 9.80 Å². The number of benzene rings is 1. The summed E-state index contributed by atoms with van der Waals surface area (Å²) in [6.45, 7) is 6.48. The van der Waals surface area contributed by atoms with Gasteiger partial charge in [0.05, 0.1) is 24.7 Å². The van der Waals surface area contributed by atoms with Gasteiger partial charge in [-0.25, -0.2) is 0 Å². The first-order valence-electron chi connectivity index (χ1n) is 9.28. The number of thioether (sulfide) groups is 1. The lowest BCUT2D eigenvalue weighted by Gasteiger charge is -2.28. The van der Waals surface area contributed by atoms with Crippen molar-refractivity contribution in [1.29, 1.82) is 0 Å². The fourth-order valence-electron chi connectivity index (χ4n) is 2.76. The second-order valence-electron chi connectivity index (χ2n) is 7.03. The van der Waals surface area contributed by atoms with Gasteiger partial charge in [0.2, 0.25) is 5.91 Å². The molecule has 2 aliphatic heterocycles. The van der Waals surface area contributed by atoms with Crippen LogP contribution in [0.5, 0.6) is 5.75 Å². The topological polar surface area (TPSA) is 76.2 Å². The minimum atomic E-state index is -0.434. The number of morpholine rings is 1. The van der Waals surface area contributed by atoms with Gasteiger partial charge >= 0.3 is 0 Å². The SMILES string of the molecule is CC(C)COc1ccc(/C=C2/SC(=O)N(CC(=O)N3CCOCC3)C2=O)cc1. The zero-order chi connectivity index (χ0) is 20.1. The van der Waals surface area contributed by atoms with E-state index in [0.29, 0.717) is 43.7 Å². The molecule has 0 atom stereocenters. The van der Waals surface area contributed by atoms with Gasteiger partial charge in [-0.3, -0.25) is 19.3 Å². The maximum atomic E-state index is 12.6. The van der Waals surface area contributed by atoms with E-state index in [4.69, 9.17) is 9.47 Å². The molecule has 0 radical (unpaired) electrons. The zero-order valence-electron chi connectivity index (χ0n) is 16.1. The number of hydrogen-bond acceptors (Lipinski definition) is 6. The van der Waals surface area contributed by atoms with Gasteiger partial charge in [0.1, 0.15) is 12.3 Å². The molecule has 0 N–H and O–H groups in total. The molecule has 3 amide bonds. The molecule has 0 unspecified atom stereocenters. The van der Waals surface area contributed by atoms with E-state index < -0.39 is 11.1 Å². The molecule has 2 fully saturated rings. The highest BCUT2D eigenvalue weighted by Crippen LogP contribution is 2.32. The van der Waals surface area contributed by atoms with Gasteiger partial charge in [0.15, 0.2) is 0 Å². The molecule has 0 bridgehead atoms. The molecule has 0 aromatic heterocycles. The molecule has 2 heterocycles. The van der Waals surface area contributed by atoms with Crippen LogP contribution >= 0.6 is 11.8 Å². The lowest BCUT2D eigenvalue weighted by molar-refractivity contribution is -0.139. The molecule has 2 saturated heterocycles. The fourth-order valence-corrected chi connectivity index (χ4v) is 3.60. The number of hydrogen-bond donors (Lipinski definition) is 0. The van der Waals surface area contributed by atoms with E-state index in [-0.39, 0.29) is 12.5 Å². The highest BCUT2D eigenvalue weighted by atomic mass is 32.2. The molecule has 0 saturated carbocycles. The molecule has 7 nitrogen and oxygen atoms in total. The van der Waals surface area contributed by atoms with Crippen molar-refractivity contribution >= 4 is 34.9 Å². The molecule has 3 rings (SSSR count). The summed E-state index contributed by atoms with van der Waals surface area (Å²) in [5.74, 6) is 0.525. The van der Waals surface area contributed by atoms with E-state index in [1.54, 1.807) is 11.0 Å². The predicted molar refractivity (Wildman–Crippen MR) is 107 cm³/mol. The van der Waals surface area contributed by atoms with Crippen molar-refractivity contribution < 1.29 is 23.9 Å². The van der Waals surface area contributed by atoms with Gasteiger partial charge in [0, 0.05) is 13.1 Å². The Balaban J connectivity index is 1.62. The lowest BCUT2D eigenvalue weighted by Crippen LogP contribution is -2.46. The van der Waals surface area contributed by atoms with Gasteiger partial charge < -0.3 is 14.4 Å². The Morgan fingerprint density at radius 1 is 1.21 bits per heavy atom. The molecule has 0 spiro atoms. The molecule has 0 aliphatic carbocycles. The smallest absolute Gasteiger partial charge is 0.294 e. The Morgan fingerprint density at radius 2 is 1.89 bits per heavy atom. The van der Waals surface area contributed by atoms with Crippen LogP contribution in [0.3, 0.4) is 0 Å². The number of imide groups is 1. The van der Waals surface area contributed by atoms with Crippen LogP contribution in [0, 0.1) is 5.92 Å². The summed E-state index contributed by atoms with van der Waals surface area (Å²) in [5, 5.41) is -0.422. The fraction of sp³-hybridized carbons (Fsp3) is 0.450. The summed E-state index contributed by atoms with van der Waals surface area (Å²) in [6.07, 6.45) is 1.66. The first-order chi connectivity index (χ1) is 13.4. The number of rotatable bonds is 6. The van der Waals surface area contributed by atoms with E-state index >= 15 is 0 Å². The molecular formula is C20H24N2O5S. The quantitative estimate of drug-likeness (QED) is 0.679. The number of carbonyl (C=O) groups excluding carboxylic acids is 3. The summed E-state index contributed by atoms with van der Waals surface area (Å²) in [6, 6.07) is 7.34. The number of carbonyl (C=O) groups is 3. The predicted octanol–water partition coefficient (Wildman–Crippen LogP) is 2.62. The maximum Gasteiger partial charge on any atom is 0.294 e. The van der Waals surface area contributed by atoms with Crippen molar-refractivity contribution in [2.75, 3.05) is 39.5 Å². The number of ether oxygens (including phenoxy) is 2. The summed E-state index contributed by atoms with van der Waals surface area (Å²) >= 11 is 0.855. The van der Waals surface area contributed by atoms with E-state index in [1.807, 2.05) is 24.3 Å². The van der Waals surface area contributed by atoms with E-state index in [1.165, 1.54) is 0 Å². The summed E-state index contributed by atoms with van der Waals surface area (Å²) < 4.78 is 10.9. The van der Waals surface area contributed by atoms with Crippen LogP contribution in [0.4, 0.5) is 4.79 Å². The zero-order valence-corrected chi connectivity index (χ0v) is 16.9. The largest absolute Gasteiger partial charge is 0.493 e. The van der Waals surface area contributed by atoms with Crippen molar-refractivity contribution in [2.24, 2.45) is 5.92 Å². The third-order valence-corrected chi connectivity index (χ3v) is 5.20. The van der Waals surface area contributed by atoms with E-state index in [2.05, 4.69) is 13.8 Å². The molecule has 8 heteroatoms. The van der Waals surface area contributed by atoms with Gasteiger partial charge in [-0.2, -0.15) is 0 Å². The lowest BCUT2D eigenvalue weighted by atomic mass is 10.2. The Labute approximate surface area is 168 Å². The van der Waals surface area contributed by atoms with Gasteiger partial charge in [-0.15, -0.1) is 0 Å². The van der Waals surface area contributed by atoms with Crippen molar-refractivity contribution in [3.8, 4) is 5.75 Å². The van der Waals surface area contributed by atoms with Crippen LogP contribution in [0.25, 0.3) is 6.08 Å². The first kappa shape index (κ1) is 20.4. The number of nitrogens with zero attached hydrogens (tertiary/aromatic N) is 2. The molecule has 1 aromatic rings. The van der Waals surface area contributed by atoms with Gasteiger partial charge in [-0.05, 0) is 41.5 Å². The minimum absolute atomic E-state index is 0.232. The van der Waals surface area contributed by atoms with Crippen LogP contribution in [-0.2, 0) is 14.3 Å². The molecule has 1 aromatic carbocycles. The maximum absolute atomic E-state index is 12.6. The summed E-state index contributed by atoms with van der Waals surface area (Å²) in [7, 11) is 0. The van der Waals surface area contributed by atoms with Gasteiger partial charge in [-0.1, -0.05) is 26.0 Å². The van der Waals surface area contributed by atoms with Crippen LogP contribution < -0.4 is 4.74 Å². The first-order valence-corrected chi connectivity index (χ1v) is 10.1.